The number of amides is 1. The predicted octanol–water partition coefficient (Wildman–Crippen LogP) is 2.93. The first-order chi connectivity index (χ1) is 10.6. The first kappa shape index (κ1) is 15.5. The van der Waals surface area contributed by atoms with Gasteiger partial charge in [-0.3, -0.25) is 4.79 Å². The molecule has 5 heteroatoms. The lowest BCUT2D eigenvalue weighted by Crippen LogP contribution is -2.53. The zero-order valence-electron chi connectivity index (χ0n) is 13.8. The number of carbonyl (C=O) groups excluding carboxylic acids is 1. The maximum absolute atomic E-state index is 12.4. The molecular formula is C17H27N3O2. The van der Waals surface area contributed by atoms with E-state index in [9.17, 15) is 4.79 Å². The Morgan fingerprint density at radius 3 is 2.50 bits per heavy atom. The van der Waals surface area contributed by atoms with Crippen LogP contribution in [-0.2, 0) is 0 Å². The fourth-order valence-electron chi connectivity index (χ4n) is 3.63. The summed E-state index contributed by atoms with van der Waals surface area (Å²) < 4.78 is 5.28. The lowest BCUT2D eigenvalue weighted by atomic mass is 9.89. The Kier molecular flexibility index (Phi) is 4.52. The molecule has 3 rings (SSSR count). The van der Waals surface area contributed by atoms with Crippen LogP contribution in [0.4, 0.5) is 0 Å². The molecule has 5 nitrogen and oxygen atoms in total. The van der Waals surface area contributed by atoms with Crippen molar-refractivity contribution < 1.29 is 9.32 Å². The van der Waals surface area contributed by atoms with Crippen molar-refractivity contribution in [1.29, 1.82) is 0 Å². The number of hydrogen-bond acceptors (Lipinski definition) is 4. The van der Waals surface area contributed by atoms with Crippen LogP contribution >= 0.6 is 0 Å². The highest BCUT2D eigenvalue weighted by molar-refractivity contribution is 5.92. The van der Waals surface area contributed by atoms with Crippen molar-refractivity contribution in [2.45, 2.75) is 76.4 Å². The molecule has 2 atom stereocenters. The van der Waals surface area contributed by atoms with E-state index in [0.29, 0.717) is 23.7 Å². The Hall–Kier alpha value is -1.36. The Labute approximate surface area is 132 Å². The SMILES string of the molecule is CCC1CC(NC(=O)c2cc(C3CC3)on2)CC(CC)N1C. The van der Waals surface area contributed by atoms with Crippen LogP contribution in [0, 0.1) is 0 Å². The van der Waals surface area contributed by atoms with Crippen LogP contribution in [0.1, 0.15) is 74.5 Å². The van der Waals surface area contributed by atoms with Crippen LogP contribution in [-0.4, -0.2) is 41.1 Å². The molecule has 0 bridgehead atoms. The van der Waals surface area contributed by atoms with Gasteiger partial charge in [0.05, 0.1) is 0 Å². The first-order valence-corrected chi connectivity index (χ1v) is 8.61. The molecule has 1 aliphatic carbocycles. The van der Waals surface area contributed by atoms with E-state index < -0.39 is 0 Å². The van der Waals surface area contributed by atoms with Gasteiger partial charge in [-0.15, -0.1) is 0 Å². The molecule has 1 aromatic heterocycles. The number of nitrogens with zero attached hydrogens (tertiary/aromatic N) is 2. The number of carbonyl (C=O) groups is 1. The topological polar surface area (TPSA) is 58.4 Å². The van der Waals surface area contributed by atoms with Gasteiger partial charge >= 0.3 is 0 Å². The molecule has 2 aliphatic rings. The van der Waals surface area contributed by atoms with Gasteiger partial charge in [0.1, 0.15) is 5.76 Å². The molecular weight excluding hydrogens is 278 g/mol. The van der Waals surface area contributed by atoms with Gasteiger partial charge in [-0.1, -0.05) is 19.0 Å². The van der Waals surface area contributed by atoms with Crippen LogP contribution in [0.15, 0.2) is 10.6 Å². The molecule has 1 aromatic rings. The number of hydrogen-bond donors (Lipinski definition) is 1. The number of likely N-dealkylation sites (tertiary alicyclic amines) is 1. The van der Waals surface area contributed by atoms with Crippen molar-refractivity contribution in [3.8, 4) is 0 Å². The second-order valence-electron chi connectivity index (χ2n) is 6.82. The molecule has 1 saturated heterocycles. The summed E-state index contributed by atoms with van der Waals surface area (Å²) in [6.07, 6.45) is 6.58. The Bertz CT molecular complexity index is 510. The molecule has 122 valence electrons. The average molecular weight is 305 g/mol. The molecule has 0 aromatic carbocycles. The van der Waals surface area contributed by atoms with E-state index in [-0.39, 0.29) is 11.9 Å². The third kappa shape index (κ3) is 3.19. The predicted molar refractivity (Wildman–Crippen MR) is 84.9 cm³/mol. The van der Waals surface area contributed by atoms with E-state index in [4.69, 9.17) is 4.52 Å². The van der Waals surface area contributed by atoms with E-state index in [1.165, 1.54) is 0 Å². The maximum Gasteiger partial charge on any atom is 0.273 e. The van der Waals surface area contributed by atoms with Crippen LogP contribution in [0.2, 0.25) is 0 Å². The van der Waals surface area contributed by atoms with Crippen LogP contribution in [0.3, 0.4) is 0 Å². The minimum absolute atomic E-state index is 0.0880. The third-order valence-corrected chi connectivity index (χ3v) is 5.28. The van der Waals surface area contributed by atoms with E-state index in [1.54, 1.807) is 0 Å². The Morgan fingerprint density at radius 1 is 1.32 bits per heavy atom. The monoisotopic (exact) mass is 305 g/mol. The Morgan fingerprint density at radius 2 is 1.95 bits per heavy atom. The molecule has 22 heavy (non-hydrogen) atoms. The fourth-order valence-corrected chi connectivity index (χ4v) is 3.63. The smallest absolute Gasteiger partial charge is 0.273 e. The van der Waals surface area contributed by atoms with Gasteiger partial charge in [0.2, 0.25) is 0 Å². The van der Waals surface area contributed by atoms with Crippen LogP contribution < -0.4 is 5.32 Å². The number of rotatable bonds is 5. The summed E-state index contributed by atoms with van der Waals surface area (Å²) in [5.41, 5.74) is 0.432. The van der Waals surface area contributed by atoms with E-state index in [1.807, 2.05) is 6.07 Å². The Balaban J connectivity index is 1.62. The minimum Gasteiger partial charge on any atom is -0.360 e. The van der Waals surface area contributed by atoms with Gasteiger partial charge < -0.3 is 14.7 Å². The lowest BCUT2D eigenvalue weighted by Gasteiger charge is -2.43. The standard InChI is InChI=1S/C17H27N3O2/c1-4-13-8-12(9-14(5-2)20(13)3)18-17(21)15-10-16(22-19-15)11-6-7-11/h10-14H,4-9H2,1-3H3,(H,18,21). The van der Waals surface area contributed by atoms with Crippen LogP contribution in [0.5, 0.6) is 0 Å². The van der Waals surface area contributed by atoms with E-state index in [0.717, 1.165) is 44.3 Å². The molecule has 1 aliphatic heterocycles. The second-order valence-corrected chi connectivity index (χ2v) is 6.82. The number of aromatic nitrogens is 1. The molecule has 2 heterocycles. The summed E-state index contributed by atoms with van der Waals surface area (Å²) in [5.74, 6) is 1.27. The molecule has 1 N–H and O–H groups in total. The van der Waals surface area contributed by atoms with Crippen molar-refractivity contribution in [2.75, 3.05) is 7.05 Å². The van der Waals surface area contributed by atoms with Gasteiger partial charge in [0, 0.05) is 30.1 Å². The highest BCUT2D eigenvalue weighted by Crippen LogP contribution is 2.40. The van der Waals surface area contributed by atoms with Gasteiger partial charge in [-0.05, 0) is 45.6 Å². The zero-order chi connectivity index (χ0) is 15.7. The highest BCUT2D eigenvalue weighted by Gasteiger charge is 2.33. The summed E-state index contributed by atoms with van der Waals surface area (Å²) in [4.78, 5) is 14.9. The summed E-state index contributed by atoms with van der Waals surface area (Å²) in [5, 5.41) is 7.11. The molecule has 0 spiro atoms. The van der Waals surface area contributed by atoms with Gasteiger partial charge in [-0.2, -0.15) is 0 Å². The normalized spacial score (nSPS) is 29.5. The minimum atomic E-state index is -0.0880. The molecule has 2 fully saturated rings. The second kappa shape index (κ2) is 6.41. The van der Waals surface area contributed by atoms with Crippen molar-refractivity contribution in [3.63, 3.8) is 0 Å². The quantitative estimate of drug-likeness (QED) is 0.908. The highest BCUT2D eigenvalue weighted by atomic mass is 16.5. The summed E-state index contributed by atoms with van der Waals surface area (Å²) in [6.45, 7) is 4.44. The summed E-state index contributed by atoms with van der Waals surface area (Å²) in [7, 11) is 2.21. The van der Waals surface area contributed by atoms with Crippen molar-refractivity contribution >= 4 is 5.91 Å². The molecule has 1 saturated carbocycles. The maximum atomic E-state index is 12.4. The third-order valence-electron chi connectivity index (χ3n) is 5.28. The van der Waals surface area contributed by atoms with Gasteiger partial charge in [0.15, 0.2) is 5.69 Å². The first-order valence-electron chi connectivity index (χ1n) is 8.61. The van der Waals surface area contributed by atoms with Crippen molar-refractivity contribution in [2.24, 2.45) is 0 Å². The number of piperidine rings is 1. The average Bonchev–Trinajstić information content (AvgIpc) is 3.25. The largest absolute Gasteiger partial charge is 0.360 e. The molecule has 1 amide bonds. The summed E-state index contributed by atoms with van der Waals surface area (Å²) in [6, 6.07) is 3.14. The van der Waals surface area contributed by atoms with E-state index in [2.05, 4.69) is 36.3 Å². The fraction of sp³-hybridized carbons (Fsp3) is 0.765. The summed E-state index contributed by atoms with van der Waals surface area (Å²) >= 11 is 0. The van der Waals surface area contributed by atoms with E-state index >= 15 is 0 Å². The molecule has 0 radical (unpaired) electrons. The van der Waals surface area contributed by atoms with Crippen molar-refractivity contribution in [1.82, 2.24) is 15.4 Å². The number of nitrogens with one attached hydrogen (secondary N) is 1. The van der Waals surface area contributed by atoms with Crippen LogP contribution in [0.25, 0.3) is 0 Å². The lowest BCUT2D eigenvalue weighted by molar-refractivity contribution is 0.0728. The molecule has 2 unspecified atom stereocenters. The van der Waals surface area contributed by atoms with Gasteiger partial charge in [-0.25, -0.2) is 0 Å². The zero-order valence-corrected chi connectivity index (χ0v) is 13.8. The van der Waals surface area contributed by atoms with Crippen molar-refractivity contribution in [3.05, 3.63) is 17.5 Å². The van der Waals surface area contributed by atoms with Gasteiger partial charge in [0.25, 0.3) is 5.91 Å².